The molecule has 6 nitrogen and oxygen atoms in total. The Morgan fingerprint density at radius 3 is 2.96 bits per heavy atom. The lowest BCUT2D eigenvalue weighted by molar-refractivity contribution is -0.118. The number of hydrogen-bond donors (Lipinski definition) is 2. The second-order valence-electron chi connectivity index (χ2n) is 5.80. The molecule has 1 aromatic heterocycles. The van der Waals surface area contributed by atoms with Crippen LogP contribution in [-0.2, 0) is 16.0 Å². The topological polar surface area (TPSA) is 74.4 Å². The molecule has 0 saturated carbocycles. The molecule has 0 unspecified atom stereocenters. The number of benzene rings is 1. The van der Waals surface area contributed by atoms with Gasteiger partial charge in [-0.05, 0) is 31.0 Å². The van der Waals surface area contributed by atoms with Crippen LogP contribution in [0.2, 0.25) is 0 Å². The Bertz CT molecular complexity index is 725. The second-order valence-corrected chi connectivity index (χ2v) is 5.80. The third-order valence-corrected chi connectivity index (χ3v) is 4.14. The van der Waals surface area contributed by atoms with Crippen molar-refractivity contribution in [3.8, 4) is 5.75 Å². The number of fused-ring (bicyclic) bond motifs is 1. The number of aromatic amines is 1. The summed E-state index contributed by atoms with van der Waals surface area (Å²) in [6, 6.07) is 7.52. The van der Waals surface area contributed by atoms with Gasteiger partial charge in [-0.2, -0.15) is 0 Å². The highest BCUT2D eigenvalue weighted by Crippen LogP contribution is 2.31. The summed E-state index contributed by atoms with van der Waals surface area (Å²) < 4.78 is 5.83. The molecule has 2 N–H and O–H groups in total. The number of aromatic nitrogens is 1. The number of nitrogens with zero attached hydrogens (tertiary/aromatic N) is 1. The number of rotatable bonds is 6. The molecule has 2 aromatic rings. The molecule has 0 fully saturated rings. The zero-order chi connectivity index (χ0) is 16.9. The first-order valence-corrected chi connectivity index (χ1v) is 8.09. The zero-order valence-corrected chi connectivity index (χ0v) is 13.7. The quantitative estimate of drug-likeness (QED) is 0.801. The van der Waals surface area contributed by atoms with E-state index in [0.29, 0.717) is 32.3 Å². The van der Waals surface area contributed by atoms with Crippen molar-refractivity contribution in [2.24, 2.45) is 0 Å². The number of H-pyrrole nitrogens is 1. The van der Waals surface area contributed by atoms with E-state index < -0.39 is 0 Å². The summed E-state index contributed by atoms with van der Waals surface area (Å²) in [4.78, 5) is 28.1. The van der Waals surface area contributed by atoms with Crippen LogP contribution in [0.3, 0.4) is 0 Å². The number of carbonyl (C=O) groups excluding carboxylic acids is 2. The molecule has 0 bridgehead atoms. The van der Waals surface area contributed by atoms with E-state index in [0.717, 1.165) is 22.7 Å². The first-order valence-electron chi connectivity index (χ1n) is 8.09. The van der Waals surface area contributed by atoms with E-state index in [4.69, 9.17) is 4.74 Å². The van der Waals surface area contributed by atoms with Gasteiger partial charge in [-0.15, -0.1) is 0 Å². The van der Waals surface area contributed by atoms with Crippen LogP contribution in [0.15, 0.2) is 36.7 Å². The SMILES string of the molecule is CN(C(=O)CCCOc1cccc2c1CCC(=O)N2)c1cc[nH]c1. The highest BCUT2D eigenvalue weighted by molar-refractivity contribution is 5.94. The van der Waals surface area contributed by atoms with Crippen LogP contribution < -0.4 is 15.0 Å². The summed E-state index contributed by atoms with van der Waals surface area (Å²) >= 11 is 0. The molecule has 0 radical (unpaired) electrons. The molecule has 2 heterocycles. The van der Waals surface area contributed by atoms with Crippen LogP contribution in [0.25, 0.3) is 0 Å². The Balaban J connectivity index is 1.50. The van der Waals surface area contributed by atoms with Crippen molar-refractivity contribution < 1.29 is 14.3 Å². The smallest absolute Gasteiger partial charge is 0.226 e. The van der Waals surface area contributed by atoms with Crippen LogP contribution in [0, 0.1) is 0 Å². The third kappa shape index (κ3) is 3.59. The maximum atomic E-state index is 12.1. The Kier molecular flexibility index (Phi) is 4.84. The minimum absolute atomic E-state index is 0.0399. The van der Waals surface area contributed by atoms with Crippen molar-refractivity contribution in [2.45, 2.75) is 25.7 Å². The lowest BCUT2D eigenvalue weighted by Crippen LogP contribution is -2.26. The molecule has 126 valence electrons. The molecule has 1 aliphatic heterocycles. The summed E-state index contributed by atoms with van der Waals surface area (Å²) in [5, 5.41) is 2.86. The van der Waals surface area contributed by atoms with Crippen LogP contribution in [0.4, 0.5) is 11.4 Å². The van der Waals surface area contributed by atoms with Gasteiger partial charge < -0.3 is 19.9 Å². The van der Waals surface area contributed by atoms with Gasteiger partial charge in [-0.3, -0.25) is 9.59 Å². The van der Waals surface area contributed by atoms with E-state index in [1.54, 1.807) is 24.3 Å². The summed E-state index contributed by atoms with van der Waals surface area (Å²) in [5.74, 6) is 0.887. The number of carbonyl (C=O) groups is 2. The molecule has 0 aliphatic carbocycles. The minimum Gasteiger partial charge on any atom is -0.493 e. The van der Waals surface area contributed by atoms with Crippen LogP contribution in [0.5, 0.6) is 5.75 Å². The molecule has 2 amide bonds. The van der Waals surface area contributed by atoms with E-state index >= 15 is 0 Å². The summed E-state index contributed by atoms with van der Waals surface area (Å²) in [6.07, 6.45) is 5.81. The lowest BCUT2D eigenvalue weighted by atomic mass is 10.0. The molecule has 0 saturated heterocycles. The maximum Gasteiger partial charge on any atom is 0.226 e. The molecular weight excluding hydrogens is 306 g/mol. The molecule has 0 spiro atoms. The first-order chi connectivity index (χ1) is 11.6. The van der Waals surface area contributed by atoms with Crippen molar-refractivity contribution in [3.05, 3.63) is 42.2 Å². The van der Waals surface area contributed by atoms with Gasteiger partial charge in [-0.25, -0.2) is 0 Å². The average Bonchev–Trinajstić information content (AvgIpc) is 3.12. The van der Waals surface area contributed by atoms with Crippen molar-refractivity contribution in [3.63, 3.8) is 0 Å². The zero-order valence-electron chi connectivity index (χ0n) is 13.7. The minimum atomic E-state index is 0.0399. The molecule has 1 aliphatic rings. The number of anilines is 2. The van der Waals surface area contributed by atoms with Gasteiger partial charge in [0.2, 0.25) is 11.8 Å². The highest BCUT2D eigenvalue weighted by atomic mass is 16.5. The Morgan fingerprint density at radius 1 is 1.29 bits per heavy atom. The van der Waals surface area contributed by atoms with E-state index in [1.807, 2.05) is 24.3 Å². The number of hydrogen-bond acceptors (Lipinski definition) is 3. The van der Waals surface area contributed by atoms with Crippen molar-refractivity contribution in [2.75, 3.05) is 23.9 Å². The van der Waals surface area contributed by atoms with E-state index in [9.17, 15) is 9.59 Å². The van der Waals surface area contributed by atoms with Gasteiger partial charge in [0, 0.05) is 43.5 Å². The van der Waals surface area contributed by atoms with Crippen molar-refractivity contribution in [1.82, 2.24) is 4.98 Å². The largest absolute Gasteiger partial charge is 0.493 e. The van der Waals surface area contributed by atoms with Gasteiger partial charge in [-0.1, -0.05) is 6.07 Å². The normalized spacial score (nSPS) is 13.1. The Labute approximate surface area is 140 Å². The Hall–Kier alpha value is -2.76. The van der Waals surface area contributed by atoms with Gasteiger partial charge in [0.05, 0.1) is 12.3 Å². The van der Waals surface area contributed by atoms with Crippen LogP contribution >= 0.6 is 0 Å². The number of ether oxygens (including phenoxy) is 1. The van der Waals surface area contributed by atoms with Gasteiger partial charge in [0.1, 0.15) is 5.75 Å². The Morgan fingerprint density at radius 2 is 2.17 bits per heavy atom. The van der Waals surface area contributed by atoms with E-state index in [2.05, 4.69) is 10.3 Å². The molecule has 3 rings (SSSR count). The van der Waals surface area contributed by atoms with Crippen LogP contribution in [-0.4, -0.2) is 30.5 Å². The summed E-state index contributed by atoms with van der Waals surface area (Å²) in [6.45, 7) is 0.469. The number of nitrogens with one attached hydrogen (secondary N) is 2. The average molecular weight is 327 g/mol. The second kappa shape index (κ2) is 7.21. The molecule has 6 heteroatoms. The van der Waals surface area contributed by atoms with Gasteiger partial charge in [0.15, 0.2) is 0 Å². The molecule has 1 aromatic carbocycles. The van der Waals surface area contributed by atoms with Gasteiger partial charge in [0.25, 0.3) is 0 Å². The maximum absolute atomic E-state index is 12.1. The van der Waals surface area contributed by atoms with Crippen molar-refractivity contribution in [1.29, 1.82) is 0 Å². The molecular formula is C18H21N3O3. The van der Waals surface area contributed by atoms with Crippen LogP contribution in [0.1, 0.15) is 24.8 Å². The standard InChI is InChI=1S/C18H21N3O3/c1-21(13-9-10-19-12-13)18(23)6-3-11-24-16-5-2-4-15-14(16)7-8-17(22)20-15/h2,4-5,9-10,12,19H,3,6-8,11H2,1H3,(H,20,22). The molecule has 0 atom stereocenters. The monoisotopic (exact) mass is 327 g/mol. The van der Waals surface area contributed by atoms with E-state index in [-0.39, 0.29) is 11.8 Å². The first kappa shape index (κ1) is 16.1. The third-order valence-electron chi connectivity index (χ3n) is 4.14. The summed E-state index contributed by atoms with van der Waals surface area (Å²) in [5.41, 5.74) is 2.72. The predicted octanol–water partition coefficient (Wildman–Crippen LogP) is 2.72. The fourth-order valence-electron chi connectivity index (χ4n) is 2.77. The van der Waals surface area contributed by atoms with Crippen molar-refractivity contribution >= 4 is 23.2 Å². The lowest BCUT2D eigenvalue weighted by Gasteiger charge is -2.20. The molecule has 24 heavy (non-hydrogen) atoms. The fraction of sp³-hybridized carbons (Fsp3) is 0.333. The predicted molar refractivity (Wildman–Crippen MR) is 92.3 cm³/mol. The van der Waals surface area contributed by atoms with E-state index in [1.165, 1.54) is 0 Å². The highest BCUT2D eigenvalue weighted by Gasteiger charge is 2.18. The summed E-state index contributed by atoms with van der Waals surface area (Å²) in [7, 11) is 1.77. The fourth-order valence-corrected chi connectivity index (χ4v) is 2.77. The van der Waals surface area contributed by atoms with Gasteiger partial charge >= 0.3 is 0 Å². The number of amides is 2.